The second-order valence-corrected chi connectivity index (χ2v) is 5.13. The lowest BCUT2D eigenvalue weighted by Gasteiger charge is -2.14. The molecule has 1 aromatic carbocycles. The minimum Gasteiger partial charge on any atom is -0.354 e. The summed E-state index contributed by atoms with van der Waals surface area (Å²) in [5.41, 5.74) is 0.481. The van der Waals surface area contributed by atoms with Crippen molar-refractivity contribution in [1.29, 1.82) is 0 Å². The molecule has 0 saturated carbocycles. The highest BCUT2D eigenvalue weighted by molar-refractivity contribution is 6.17. The predicted octanol–water partition coefficient (Wildman–Crippen LogP) is 2.16. The number of amides is 1. The van der Waals surface area contributed by atoms with E-state index in [-0.39, 0.29) is 23.9 Å². The molecule has 3 rings (SSSR count). The Morgan fingerprint density at radius 3 is 2.90 bits per heavy atom. The maximum Gasteiger partial charge on any atom is 0.222 e. The molecule has 1 aromatic heterocycles. The Hall–Kier alpha value is -1.69. The second kappa shape index (κ2) is 5.01. The molecule has 1 N–H and O–H groups in total. The topological polar surface area (TPSA) is 46.9 Å². The quantitative estimate of drug-likeness (QED) is 0.883. The molecule has 1 aliphatic rings. The van der Waals surface area contributed by atoms with Crippen LogP contribution in [0.2, 0.25) is 0 Å². The zero-order valence-corrected chi connectivity index (χ0v) is 11.3. The van der Waals surface area contributed by atoms with Crippen molar-refractivity contribution in [3.63, 3.8) is 0 Å². The Balaban J connectivity index is 2.20. The Kier molecular flexibility index (Phi) is 3.33. The normalized spacial score (nSPS) is 18.8. The maximum atomic E-state index is 13.8. The molecule has 1 atom stereocenters. The monoisotopic (exact) mass is 299 g/mol. The lowest BCUT2D eigenvalue weighted by atomic mass is 10.2. The highest BCUT2D eigenvalue weighted by Gasteiger charge is 2.27. The smallest absolute Gasteiger partial charge is 0.222 e. The number of rotatable bonds is 3. The minimum atomic E-state index is -0.702. The van der Waals surface area contributed by atoms with Gasteiger partial charge in [-0.1, -0.05) is 0 Å². The van der Waals surface area contributed by atoms with Crippen molar-refractivity contribution in [2.24, 2.45) is 0 Å². The maximum absolute atomic E-state index is 13.8. The van der Waals surface area contributed by atoms with Gasteiger partial charge in [0.2, 0.25) is 5.91 Å². The van der Waals surface area contributed by atoms with Crippen LogP contribution in [0.1, 0.15) is 18.3 Å². The van der Waals surface area contributed by atoms with E-state index in [0.29, 0.717) is 30.2 Å². The van der Waals surface area contributed by atoms with Gasteiger partial charge in [-0.15, -0.1) is 11.6 Å². The molecule has 0 aliphatic carbocycles. The summed E-state index contributed by atoms with van der Waals surface area (Å²) in [6.07, 6.45) is 0.709. The van der Waals surface area contributed by atoms with E-state index in [1.165, 1.54) is 6.07 Å². The fourth-order valence-electron chi connectivity index (χ4n) is 2.61. The van der Waals surface area contributed by atoms with Crippen molar-refractivity contribution in [2.75, 3.05) is 12.4 Å². The van der Waals surface area contributed by atoms with Crippen LogP contribution in [0, 0.1) is 11.6 Å². The summed E-state index contributed by atoms with van der Waals surface area (Å²) in [6, 6.07) is 1.86. The molecular weight excluding hydrogens is 288 g/mol. The zero-order chi connectivity index (χ0) is 14.3. The number of hydrogen-bond acceptors (Lipinski definition) is 2. The van der Waals surface area contributed by atoms with Gasteiger partial charge in [0.1, 0.15) is 17.2 Å². The van der Waals surface area contributed by atoms with Crippen LogP contribution in [0.15, 0.2) is 12.1 Å². The molecule has 106 valence electrons. The first-order chi connectivity index (χ1) is 9.60. The number of hydrogen-bond donors (Lipinski definition) is 1. The number of halogens is 3. The van der Waals surface area contributed by atoms with Crippen molar-refractivity contribution >= 4 is 28.5 Å². The van der Waals surface area contributed by atoms with Crippen molar-refractivity contribution in [1.82, 2.24) is 14.9 Å². The first-order valence-electron chi connectivity index (χ1n) is 6.28. The number of aromatic nitrogens is 2. The van der Waals surface area contributed by atoms with E-state index in [1.807, 2.05) is 0 Å². The molecule has 0 radical (unpaired) electrons. The van der Waals surface area contributed by atoms with Gasteiger partial charge >= 0.3 is 0 Å². The number of carbonyl (C=O) groups is 1. The van der Waals surface area contributed by atoms with Crippen LogP contribution in [-0.4, -0.2) is 27.9 Å². The highest BCUT2D eigenvalue weighted by atomic mass is 35.5. The minimum absolute atomic E-state index is 0.0782. The Bertz CT molecular complexity index is 686. The van der Waals surface area contributed by atoms with Crippen LogP contribution in [-0.2, 0) is 11.2 Å². The highest BCUT2D eigenvalue weighted by Crippen LogP contribution is 2.28. The number of carbonyl (C=O) groups excluding carboxylic acids is 1. The first-order valence-corrected chi connectivity index (χ1v) is 6.82. The van der Waals surface area contributed by atoms with Crippen LogP contribution in [0.25, 0.3) is 11.0 Å². The fourth-order valence-corrected chi connectivity index (χ4v) is 2.78. The van der Waals surface area contributed by atoms with Crippen molar-refractivity contribution in [2.45, 2.75) is 18.9 Å². The van der Waals surface area contributed by atoms with Crippen LogP contribution in [0.4, 0.5) is 8.78 Å². The number of fused-ring (bicyclic) bond motifs is 1. The Morgan fingerprint density at radius 2 is 2.25 bits per heavy atom. The summed E-state index contributed by atoms with van der Waals surface area (Å²) in [4.78, 5) is 15.6. The van der Waals surface area contributed by atoms with Crippen LogP contribution < -0.4 is 5.32 Å². The summed E-state index contributed by atoms with van der Waals surface area (Å²) in [5, 5.41) is 2.71. The number of nitrogens with one attached hydrogen (secondary N) is 1. The molecule has 1 unspecified atom stereocenters. The van der Waals surface area contributed by atoms with Crippen molar-refractivity contribution in [3.8, 4) is 0 Å². The number of imidazole rings is 1. The summed E-state index contributed by atoms with van der Waals surface area (Å²) in [6.45, 7) is 0.428. The van der Waals surface area contributed by atoms with Gasteiger partial charge in [0.25, 0.3) is 0 Å². The van der Waals surface area contributed by atoms with E-state index in [9.17, 15) is 13.6 Å². The van der Waals surface area contributed by atoms with Gasteiger partial charge in [-0.25, -0.2) is 13.8 Å². The van der Waals surface area contributed by atoms with Gasteiger partial charge in [0.05, 0.1) is 11.6 Å². The summed E-state index contributed by atoms with van der Waals surface area (Å²) in [5.74, 6) is -0.550. The van der Waals surface area contributed by atoms with E-state index in [0.717, 1.165) is 6.07 Å². The lowest BCUT2D eigenvalue weighted by Crippen LogP contribution is -2.17. The van der Waals surface area contributed by atoms with E-state index in [1.54, 1.807) is 4.57 Å². The molecule has 7 heteroatoms. The first kappa shape index (κ1) is 13.3. The van der Waals surface area contributed by atoms with E-state index in [4.69, 9.17) is 11.6 Å². The third-order valence-corrected chi connectivity index (χ3v) is 3.61. The van der Waals surface area contributed by atoms with E-state index < -0.39 is 11.6 Å². The molecule has 1 saturated heterocycles. The third kappa shape index (κ3) is 2.14. The number of alkyl halides is 1. The van der Waals surface area contributed by atoms with Crippen LogP contribution in [0.3, 0.4) is 0 Å². The van der Waals surface area contributed by atoms with Crippen LogP contribution in [0.5, 0.6) is 0 Å². The van der Waals surface area contributed by atoms with Gasteiger partial charge in [-0.05, 0) is 6.07 Å². The largest absolute Gasteiger partial charge is 0.354 e. The van der Waals surface area contributed by atoms with Gasteiger partial charge in [-0.2, -0.15) is 0 Å². The average molecular weight is 300 g/mol. The Morgan fingerprint density at radius 1 is 1.45 bits per heavy atom. The van der Waals surface area contributed by atoms with Gasteiger partial charge in [0, 0.05) is 31.3 Å². The predicted molar refractivity (Wildman–Crippen MR) is 70.7 cm³/mol. The van der Waals surface area contributed by atoms with E-state index >= 15 is 0 Å². The molecule has 20 heavy (non-hydrogen) atoms. The second-order valence-electron chi connectivity index (χ2n) is 4.75. The van der Waals surface area contributed by atoms with Crippen molar-refractivity contribution < 1.29 is 13.6 Å². The molecule has 1 fully saturated rings. The fraction of sp³-hybridized carbons (Fsp3) is 0.385. The molecule has 2 aromatic rings. The molecule has 2 heterocycles. The SMILES string of the molecule is O=C1CC(n2c(CCCl)nc3c(F)cc(F)cc32)CN1. The average Bonchev–Trinajstić information content (AvgIpc) is 2.93. The third-order valence-electron chi connectivity index (χ3n) is 3.43. The van der Waals surface area contributed by atoms with Gasteiger partial charge in [-0.3, -0.25) is 4.79 Å². The standard InChI is InChI=1S/C13H12ClF2N3O/c14-2-1-11-18-13-9(16)3-7(15)4-10(13)19(11)8-5-12(20)17-6-8/h3-4,8H,1-2,5-6H2,(H,17,20). The molecule has 0 bridgehead atoms. The summed E-state index contributed by atoms with van der Waals surface area (Å²) >= 11 is 5.74. The van der Waals surface area contributed by atoms with E-state index in [2.05, 4.69) is 10.3 Å². The van der Waals surface area contributed by atoms with Crippen molar-refractivity contribution in [3.05, 3.63) is 29.6 Å². The molecule has 4 nitrogen and oxygen atoms in total. The summed E-state index contributed by atoms with van der Waals surface area (Å²) < 4.78 is 29.0. The molecule has 0 spiro atoms. The van der Waals surface area contributed by atoms with Crippen LogP contribution >= 0.6 is 11.6 Å². The summed E-state index contributed by atoms with van der Waals surface area (Å²) in [7, 11) is 0. The Labute approximate surface area is 118 Å². The zero-order valence-electron chi connectivity index (χ0n) is 10.5. The number of aryl methyl sites for hydroxylation is 1. The number of nitrogens with zero attached hydrogens (tertiary/aromatic N) is 2. The lowest BCUT2D eigenvalue weighted by molar-refractivity contribution is -0.119. The molecule has 1 aliphatic heterocycles. The molecular formula is C13H12ClF2N3O. The molecule has 1 amide bonds. The number of benzene rings is 1. The van der Waals surface area contributed by atoms with Gasteiger partial charge in [0.15, 0.2) is 5.82 Å². The van der Waals surface area contributed by atoms with Gasteiger partial charge < -0.3 is 9.88 Å².